The smallest absolute Gasteiger partial charge is 0.307 e. The highest BCUT2D eigenvalue weighted by molar-refractivity contribution is 5.70. The molecule has 4 nitrogen and oxygen atoms in total. The Bertz CT molecular complexity index is 367. The molecular weight excluding hydrogens is 192 g/mol. The molecule has 4 heteroatoms. The maximum atomic E-state index is 10.7. The second-order valence-electron chi connectivity index (χ2n) is 4.15. The first kappa shape index (κ1) is 10.2. The van der Waals surface area contributed by atoms with Crippen LogP contribution in [0.4, 0.5) is 0 Å². The number of carboxylic acid groups (broad SMARTS) is 1. The number of hydrogen-bond donors (Lipinski definition) is 1. The monoisotopic (exact) mass is 208 g/mol. The predicted octanol–water partition coefficient (Wildman–Crippen LogP) is 1.80. The first-order chi connectivity index (χ1) is 7.20. The number of aromatic nitrogens is 2. The molecule has 0 atom stereocenters. The van der Waals surface area contributed by atoms with Gasteiger partial charge in [0.1, 0.15) is 0 Å². The van der Waals surface area contributed by atoms with Gasteiger partial charge in [0.15, 0.2) is 0 Å². The fraction of sp³-hybridized carbons (Fsp3) is 0.636. The summed E-state index contributed by atoms with van der Waals surface area (Å²) < 4.78 is 1.88. The second kappa shape index (κ2) is 4.04. The Kier molecular flexibility index (Phi) is 2.75. The quantitative estimate of drug-likeness (QED) is 0.802. The van der Waals surface area contributed by atoms with E-state index in [0.29, 0.717) is 5.92 Å². The van der Waals surface area contributed by atoms with Crippen molar-refractivity contribution in [1.82, 2.24) is 9.78 Å². The van der Waals surface area contributed by atoms with Gasteiger partial charge in [-0.1, -0.05) is 6.92 Å². The summed E-state index contributed by atoms with van der Waals surface area (Å²) in [4.78, 5) is 10.7. The van der Waals surface area contributed by atoms with Crippen LogP contribution in [0.25, 0.3) is 0 Å². The Morgan fingerprint density at radius 3 is 2.93 bits per heavy atom. The predicted molar refractivity (Wildman–Crippen MR) is 55.8 cm³/mol. The molecule has 0 aliphatic heterocycles. The van der Waals surface area contributed by atoms with E-state index < -0.39 is 5.97 Å². The highest BCUT2D eigenvalue weighted by Gasteiger charge is 2.29. The van der Waals surface area contributed by atoms with Crippen LogP contribution in [0.5, 0.6) is 0 Å². The molecule has 1 aliphatic carbocycles. The molecule has 0 radical (unpaired) electrons. The Morgan fingerprint density at radius 1 is 1.67 bits per heavy atom. The second-order valence-corrected chi connectivity index (χ2v) is 4.15. The van der Waals surface area contributed by atoms with Gasteiger partial charge in [0.2, 0.25) is 0 Å². The molecule has 1 N–H and O–H groups in total. The van der Waals surface area contributed by atoms with E-state index in [1.807, 2.05) is 10.9 Å². The zero-order chi connectivity index (χ0) is 10.8. The summed E-state index contributed by atoms with van der Waals surface area (Å²) in [6, 6.07) is 0. The first-order valence-corrected chi connectivity index (χ1v) is 5.48. The summed E-state index contributed by atoms with van der Waals surface area (Å²) in [6.07, 6.45) is 5.35. The van der Waals surface area contributed by atoms with E-state index in [2.05, 4.69) is 12.0 Å². The highest BCUT2D eigenvalue weighted by Crippen LogP contribution is 2.40. The van der Waals surface area contributed by atoms with Crippen molar-refractivity contribution in [3.63, 3.8) is 0 Å². The Morgan fingerprint density at radius 2 is 2.40 bits per heavy atom. The van der Waals surface area contributed by atoms with Gasteiger partial charge in [-0.05, 0) is 19.3 Å². The van der Waals surface area contributed by atoms with Crippen molar-refractivity contribution in [2.24, 2.45) is 0 Å². The molecule has 0 saturated heterocycles. The molecular formula is C11H16N2O2. The Balaban J connectivity index is 2.20. The summed E-state index contributed by atoms with van der Waals surface area (Å²) in [7, 11) is 0. The van der Waals surface area contributed by atoms with Gasteiger partial charge in [0, 0.05) is 24.2 Å². The summed E-state index contributed by atoms with van der Waals surface area (Å²) in [5, 5.41) is 13.3. The number of aliphatic carboxylic acids is 1. The molecule has 0 amide bonds. The van der Waals surface area contributed by atoms with Crippen LogP contribution >= 0.6 is 0 Å². The lowest BCUT2D eigenvalue weighted by Crippen LogP contribution is -2.01. The van der Waals surface area contributed by atoms with Crippen LogP contribution in [0.2, 0.25) is 0 Å². The molecule has 1 aromatic rings. The number of aryl methyl sites for hydroxylation is 1. The molecule has 0 unspecified atom stereocenters. The SMILES string of the molecule is CCCn1cc(CC(=O)O)c(C2CC2)n1. The average molecular weight is 208 g/mol. The molecule has 15 heavy (non-hydrogen) atoms. The Hall–Kier alpha value is -1.32. The third kappa shape index (κ3) is 2.37. The minimum atomic E-state index is -0.770. The summed E-state index contributed by atoms with van der Waals surface area (Å²) in [6.45, 7) is 2.97. The molecule has 82 valence electrons. The topological polar surface area (TPSA) is 55.1 Å². The van der Waals surface area contributed by atoms with E-state index in [1.165, 1.54) is 0 Å². The van der Waals surface area contributed by atoms with E-state index in [1.54, 1.807) is 0 Å². The number of nitrogens with zero attached hydrogens (tertiary/aromatic N) is 2. The molecule has 1 saturated carbocycles. The third-order valence-electron chi connectivity index (χ3n) is 2.63. The lowest BCUT2D eigenvalue weighted by atomic mass is 10.1. The summed E-state index contributed by atoms with van der Waals surface area (Å²) >= 11 is 0. The van der Waals surface area contributed by atoms with Crippen LogP contribution in [-0.4, -0.2) is 20.9 Å². The molecule has 1 heterocycles. The van der Waals surface area contributed by atoms with Crippen molar-refractivity contribution in [1.29, 1.82) is 0 Å². The molecule has 1 fully saturated rings. The Labute approximate surface area is 88.9 Å². The normalized spacial score (nSPS) is 15.5. The fourth-order valence-corrected chi connectivity index (χ4v) is 1.82. The molecule has 0 spiro atoms. The summed E-state index contributed by atoms with van der Waals surface area (Å²) in [5.41, 5.74) is 1.92. The molecule has 1 aliphatic rings. The van der Waals surface area contributed by atoms with Crippen LogP contribution in [0.1, 0.15) is 43.4 Å². The van der Waals surface area contributed by atoms with Gasteiger partial charge in [-0.3, -0.25) is 9.48 Å². The molecule has 0 aromatic carbocycles. The lowest BCUT2D eigenvalue weighted by Gasteiger charge is -1.95. The number of rotatable bonds is 5. The van der Waals surface area contributed by atoms with Crippen LogP contribution in [-0.2, 0) is 17.8 Å². The largest absolute Gasteiger partial charge is 0.481 e. The fourth-order valence-electron chi connectivity index (χ4n) is 1.82. The number of carbonyl (C=O) groups is 1. The maximum Gasteiger partial charge on any atom is 0.307 e. The molecule has 0 bridgehead atoms. The van der Waals surface area contributed by atoms with Crippen LogP contribution in [0.15, 0.2) is 6.20 Å². The minimum absolute atomic E-state index is 0.107. The highest BCUT2D eigenvalue weighted by atomic mass is 16.4. The first-order valence-electron chi connectivity index (χ1n) is 5.48. The van der Waals surface area contributed by atoms with Gasteiger partial charge in [-0.25, -0.2) is 0 Å². The van der Waals surface area contributed by atoms with Gasteiger partial charge >= 0.3 is 5.97 Å². The average Bonchev–Trinajstić information content (AvgIpc) is 2.91. The van der Waals surface area contributed by atoms with Crippen molar-refractivity contribution in [3.8, 4) is 0 Å². The maximum absolute atomic E-state index is 10.7. The van der Waals surface area contributed by atoms with Gasteiger partial charge in [0.25, 0.3) is 0 Å². The molecule has 1 aromatic heterocycles. The van der Waals surface area contributed by atoms with E-state index in [9.17, 15) is 4.79 Å². The van der Waals surface area contributed by atoms with Crippen molar-refractivity contribution < 1.29 is 9.90 Å². The van der Waals surface area contributed by atoms with Crippen molar-refractivity contribution in [2.45, 2.75) is 45.1 Å². The van der Waals surface area contributed by atoms with E-state index >= 15 is 0 Å². The number of hydrogen-bond acceptors (Lipinski definition) is 2. The van der Waals surface area contributed by atoms with E-state index in [4.69, 9.17) is 5.11 Å². The van der Waals surface area contributed by atoms with Gasteiger partial charge in [0.05, 0.1) is 12.1 Å². The van der Waals surface area contributed by atoms with Crippen molar-refractivity contribution >= 4 is 5.97 Å². The van der Waals surface area contributed by atoms with Crippen LogP contribution < -0.4 is 0 Å². The zero-order valence-electron chi connectivity index (χ0n) is 8.94. The van der Waals surface area contributed by atoms with Gasteiger partial charge in [-0.2, -0.15) is 5.10 Å². The lowest BCUT2D eigenvalue weighted by molar-refractivity contribution is -0.136. The molecule has 2 rings (SSSR count). The van der Waals surface area contributed by atoms with Gasteiger partial charge < -0.3 is 5.11 Å². The van der Waals surface area contributed by atoms with Crippen molar-refractivity contribution in [3.05, 3.63) is 17.5 Å². The van der Waals surface area contributed by atoms with E-state index in [-0.39, 0.29) is 6.42 Å². The summed E-state index contributed by atoms with van der Waals surface area (Å²) in [5.74, 6) is -0.245. The van der Waals surface area contributed by atoms with Crippen molar-refractivity contribution in [2.75, 3.05) is 0 Å². The third-order valence-corrected chi connectivity index (χ3v) is 2.63. The van der Waals surface area contributed by atoms with E-state index in [0.717, 1.165) is 37.1 Å². The number of carboxylic acids is 1. The zero-order valence-corrected chi connectivity index (χ0v) is 8.94. The standard InChI is InChI=1S/C11H16N2O2/c1-2-5-13-7-9(6-10(14)15)11(12-13)8-3-4-8/h7-8H,2-6H2,1H3,(H,14,15). The van der Waals surface area contributed by atoms with Crippen LogP contribution in [0.3, 0.4) is 0 Å². The minimum Gasteiger partial charge on any atom is -0.481 e. The van der Waals surface area contributed by atoms with Crippen LogP contribution in [0, 0.1) is 0 Å². The van der Waals surface area contributed by atoms with Gasteiger partial charge in [-0.15, -0.1) is 0 Å².